The minimum atomic E-state index is 0.269. The van der Waals surface area contributed by atoms with Crippen LogP contribution in [0.15, 0.2) is 0 Å². The molecular weight excluding hydrogens is 188 g/mol. The Bertz CT molecular complexity index is 188. The Morgan fingerprint density at radius 3 is 2.60 bits per heavy atom. The highest BCUT2D eigenvalue weighted by atomic mass is 16.1. The predicted molar refractivity (Wildman–Crippen MR) is 62.7 cm³/mol. The van der Waals surface area contributed by atoms with E-state index in [4.69, 9.17) is 0 Å². The maximum Gasteiger partial charge on any atom is 0.223 e. The first-order chi connectivity index (χ1) is 7.20. The molecule has 0 heterocycles. The van der Waals surface area contributed by atoms with Gasteiger partial charge in [0.25, 0.3) is 0 Å². The number of hydrogen-bond donors (Lipinski definition) is 2. The van der Waals surface area contributed by atoms with Crippen molar-refractivity contribution in [1.29, 1.82) is 0 Å². The number of carbonyl (C=O) groups is 1. The van der Waals surface area contributed by atoms with Gasteiger partial charge in [-0.3, -0.25) is 4.79 Å². The van der Waals surface area contributed by atoms with Gasteiger partial charge in [-0.05, 0) is 38.3 Å². The fraction of sp³-hybridized carbons (Fsp3) is 0.917. The van der Waals surface area contributed by atoms with Gasteiger partial charge in [0.1, 0.15) is 0 Å². The fourth-order valence-corrected chi connectivity index (χ4v) is 1.63. The zero-order valence-electron chi connectivity index (χ0n) is 10.0. The lowest BCUT2D eigenvalue weighted by molar-refractivity contribution is -0.127. The maximum absolute atomic E-state index is 11.4. The molecule has 0 aromatic carbocycles. The summed E-state index contributed by atoms with van der Waals surface area (Å²) in [6.45, 7) is 7.29. The van der Waals surface area contributed by atoms with Crippen molar-refractivity contribution in [2.75, 3.05) is 19.6 Å². The van der Waals surface area contributed by atoms with Crippen molar-refractivity contribution < 1.29 is 4.79 Å². The van der Waals surface area contributed by atoms with Gasteiger partial charge in [-0.2, -0.15) is 0 Å². The van der Waals surface area contributed by atoms with Crippen molar-refractivity contribution in [2.24, 2.45) is 11.8 Å². The standard InChI is InChI=1S/C12H24N2O/c1-10(2)9-13-7-4-8-14-12(15)11-5-3-6-11/h10-11,13H,3-9H2,1-2H3,(H,14,15). The third-order valence-corrected chi connectivity index (χ3v) is 2.86. The molecule has 1 rings (SSSR count). The molecule has 0 aliphatic heterocycles. The van der Waals surface area contributed by atoms with E-state index in [9.17, 15) is 4.79 Å². The highest BCUT2D eigenvalue weighted by Crippen LogP contribution is 2.25. The lowest BCUT2D eigenvalue weighted by Gasteiger charge is -2.24. The molecule has 1 fully saturated rings. The van der Waals surface area contributed by atoms with Crippen LogP contribution in [-0.2, 0) is 4.79 Å². The van der Waals surface area contributed by atoms with Crippen molar-refractivity contribution in [2.45, 2.75) is 39.5 Å². The van der Waals surface area contributed by atoms with E-state index in [0.717, 1.165) is 38.9 Å². The summed E-state index contributed by atoms with van der Waals surface area (Å²) >= 11 is 0. The molecule has 0 bridgehead atoms. The van der Waals surface area contributed by atoms with Crippen LogP contribution in [0.4, 0.5) is 0 Å². The Balaban J connectivity index is 1.86. The highest BCUT2D eigenvalue weighted by Gasteiger charge is 2.24. The first-order valence-corrected chi connectivity index (χ1v) is 6.18. The Hall–Kier alpha value is -0.570. The zero-order chi connectivity index (χ0) is 11.1. The van der Waals surface area contributed by atoms with Crippen LogP contribution in [0, 0.1) is 11.8 Å². The highest BCUT2D eigenvalue weighted by molar-refractivity contribution is 5.79. The molecule has 2 N–H and O–H groups in total. The minimum Gasteiger partial charge on any atom is -0.356 e. The lowest BCUT2D eigenvalue weighted by Crippen LogP contribution is -2.36. The van der Waals surface area contributed by atoms with E-state index in [1.807, 2.05) is 0 Å². The molecule has 0 aromatic rings. The monoisotopic (exact) mass is 212 g/mol. The molecule has 0 radical (unpaired) electrons. The molecule has 0 spiro atoms. The van der Waals surface area contributed by atoms with Crippen LogP contribution in [-0.4, -0.2) is 25.5 Å². The number of nitrogens with one attached hydrogen (secondary N) is 2. The van der Waals surface area contributed by atoms with E-state index in [1.54, 1.807) is 0 Å². The first-order valence-electron chi connectivity index (χ1n) is 6.18. The van der Waals surface area contributed by atoms with Gasteiger partial charge in [-0.25, -0.2) is 0 Å². The van der Waals surface area contributed by atoms with Crippen LogP contribution in [0.3, 0.4) is 0 Å². The summed E-state index contributed by atoms with van der Waals surface area (Å²) in [5.74, 6) is 1.30. The first kappa shape index (κ1) is 12.5. The number of hydrogen-bond acceptors (Lipinski definition) is 2. The molecular formula is C12H24N2O. The molecule has 0 unspecified atom stereocenters. The molecule has 0 atom stereocenters. The van der Waals surface area contributed by atoms with Gasteiger partial charge >= 0.3 is 0 Å². The molecule has 88 valence electrons. The second-order valence-electron chi connectivity index (χ2n) is 4.87. The Morgan fingerprint density at radius 2 is 2.07 bits per heavy atom. The smallest absolute Gasteiger partial charge is 0.223 e. The lowest BCUT2D eigenvalue weighted by atomic mass is 9.85. The van der Waals surface area contributed by atoms with E-state index in [2.05, 4.69) is 24.5 Å². The summed E-state index contributed by atoms with van der Waals surface area (Å²) in [5, 5.41) is 6.36. The van der Waals surface area contributed by atoms with Gasteiger partial charge < -0.3 is 10.6 Å². The third-order valence-electron chi connectivity index (χ3n) is 2.86. The van der Waals surface area contributed by atoms with E-state index in [0.29, 0.717) is 11.8 Å². The van der Waals surface area contributed by atoms with E-state index in [-0.39, 0.29) is 5.91 Å². The summed E-state index contributed by atoms with van der Waals surface area (Å²) in [7, 11) is 0. The Labute approximate surface area is 93.0 Å². The van der Waals surface area contributed by atoms with Crippen molar-refractivity contribution in [3.63, 3.8) is 0 Å². The molecule has 15 heavy (non-hydrogen) atoms. The van der Waals surface area contributed by atoms with Crippen LogP contribution < -0.4 is 10.6 Å². The second-order valence-corrected chi connectivity index (χ2v) is 4.87. The number of amides is 1. The topological polar surface area (TPSA) is 41.1 Å². The SMILES string of the molecule is CC(C)CNCCCNC(=O)C1CCC1. The van der Waals surface area contributed by atoms with Gasteiger partial charge in [0.2, 0.25) is 5.91 Å². The molecule has 0 saturated heterocycles. The Kier molecular flexibility index (Phi) is 5.69. The molecule has 1 amide bonds. The molecule has 3 heteroatoms. The van der Waals surface area contributed by atoms with Crippen molar-refractivity contribution in [3.8, 4) is 0 Å². The van der Waals surface area contributed by atoms with Gasteiger partial charge in [0, 0.05) is 12.5 Å². The molecule has 0 aromatic heterocycles. The number of rotatable bonds is 7. The van der Waals surface area contributed by atoms with Gasteiger partial charge in [-0.15, -0.1) is 0 Å². The molecule has 3 nitrogen and oxygen atoms in total. The normalized spacial score (nSPS) is 16.5. The van der Waals surface area contributed by atoms with Crippen molar-refractivity contribution >= 4 is 5.91 Å². The average molecular weight is 212 g/mol. The zero-order valence-corrected chi connectivity index (χ0v) is 10.0. The molecule has 1 saturated carbocycles. The van der Waals surface area contributed by atoms with Crippen LogP contribution in [0.1, 0.15) is 39.5 Å². The van der Waals surface area contributed by atoms with E-state index in [1.165, 1.54) is 6.42 Å². The van der Waals surface area contributed by atoms with Gasteiger partial charge in [0.05, 0.1) is 0 Å². The van der Waals surface area contributed by atoms with Crippen molar-refractivity contribution in [1.82, 2.24) is 10.6 Å². The summed E-state index contributed by atoms with van der Waals surface area (Å²) in [6, 6.07) is 0. The largest absolute Gasteiger partial charge is 0.356 e. The second kappa shape index (κ2) is 6.83. The third kappa shape index (κ3) is 5.17. The Morgan fingerprint density at radius 1 is 1.33 bits per heavy atom. The summed E-state index contributed by atoms with van der Waals surface area (Å²) in [4.78, 5) is 11.4. The minimum absolute atomic E-state index is 0.269. The van der Waals surface area contributed by atoms with Crippen LogP contribution >= 0.6 is 0 Å². The fourth-order valence-electron chi connectivity index (χ4n) is 1.63. The average Bonchev–Trinajstić information content (AvgIpc) is 2.07. The van der Waals surface area contributed by atoms with Gasteiger partial charge in [0.15, 0.2) is 0 Å². The maximum atomic E-state index is 11.4. The quantitative estimate of drug-likeness (QED) is 0.629. The van der Waals surface area contributed by atoms with Crippen LogP contribution in [0.5, 0.6) is 0 Å². The summed E-state index contributed by atoms with van der Waals surface area (Å²) in [6.07, 6.45) is 4.45. The van der Waals surface area contributed by atoms with E-state index < -0.39 is 0 Å². The van der Waals surface area contributed by atoms with E-state index >= 15 is 0 Å². The summed E-state index contributed by atoms with van der Waals surface area (Å²) < 4.78 is 0. The van der Waals surface area contributed by atoms with Crippen LogP contribution in [0.25, 0.3) is 0 Å². The molecule has 1 aliphatic carbocycles. The van der Waals surface area contributed by atoms with Crippen molar-refractivity contribution in [3.05, 3.63) is 0 Å². The predicted octanol–water partition coefficient (Wildman–Crippen LogP) is 1.54. The number of carbonyl (C=O) groups excluding carboxylic acids is 1. The molecule has 1 aliphatic rings. The van der Waals surface area contributed by atoms with Crippen LogP contribution in [0.2, 0.25) is 0 Å². The summed E-state index contributed by atoms with van der Waals surface area (Å²) in [5.41, 5.74) is 0. The van der Waals surface area contributed by atoms with Gasteiger partial charge in [-0.1, -0.05) is 20.3 Å².